The van der Waals surface area contributed by atoms with E-state index in [2.05, 4.69) is 25.1 Å². The average Bonchev–Trinajstić information content (AvgIpc) is 2.25. The lowest BCUT2D eigenvalue weighted by atomic mass is 10.2. The summed E-state index contributed by atoms with van der Waals surface area (Å²) < 4.78 is 5.47. The van der Waals surface area contributed by atoms with E-state index in [4.69, 9.17) is 4.74 Å². The number of hydrogen-bond acceptors (Lipinski definition) is 1. The van der Waals surface area contributed by atoms with Gasteiger partial charge in [-0.25, -0.2) is 0 Å². The van der Waals surface area contributed by atoms with Crippen LogP contribution in [0.5, 0.6) is 5.75 Å². The molecular formula is C13H17O. The average molecular weight is 189 g/mol. The molecule has 0 aliphatic rings. The van der Waals surface area contributed by atoms with Crippen molar-refractivity contribution in [3.63, 3.8) is 0 Å². The van der Waals surface area contributed by atoms with Crippen molar-refractivity contribution in [3.8, 4) is 5.75 Å². The second-order valence-corrected chi connectivity index (χ2v) is 3.16. The first-order valence-corrected chi connectivity index (χ1v) is 5.17. The summed E-state index contributed by atoms with van der Waals surface area (Å²) in [7, 11) is 0. The lowest BCUT2D eigenvalue weighted by Gasteiger charge is -2.00. The molecule has 75 valence electrons. The Morgan fingerprint density at radius 1 is 1.43 bits per heavy atom. The number of rotatable bonds is 6. The van der Waals surface area contributed by atoms with Crippen molar-refractivity contribution in [3.05, 3.63) is 42.5 Å². The molecule has 0 aliphatic heterocycles. The lowest BCUT2D eigenvalue weighted by molar-refractivity contribution is 0.362. The van der Waals surface area contributed by atoms with Gasteiger partial charge in [-0.2, -0.15) is 0 Å². The molecule has 1 aromatic carbocycles. The first-order valence-electron chi connectivity index (χ1n) is 5.17. The Bertz CT molecular complexity index is 251. The molecule has 0 saturated heterocycles. The second-order valence-electron chi connectivity index (χ2n) is 3.16. The number of allylic oxidation sites excluding steroid dienone is 1. The Morgan fingerprint density at radius 2 is 2.36 bits per heavy atom. The fraction of sp³-hybridized carbons (Fsp3) is 0.385. The van der Waals surface area contributed by atoms with E-state index in [1.165, 1.54) is 12.8 Å². The predicted octanol–water partition coefficient (Wildman–Crippen LogP) is 3.61. The van der Waals surface area contributed by atoms with Gasteiger partial charge in [-0.3, -0.25) is 0 Å². The molecule has 1 nitrogen and oxygen atoms in total. The highest BCUT2D eigenvalue weighted by atomic mass is 16.5. The normalized spacial score (nSPS) is 10.6. The Kier molecular flexibility index (Phi) is 5.57. The smallest absolute Gasteiger partial charge is 0.120 e. The Hall–Kier alpha value is -1.24. The van der Waals surface area contributed by atoms with E-state index in [1.54, 1.807) is 0 Å². The van der Waals surface area contributed by atoms with E-state index in [0.717, 1.165) is 12.2 Å². The minimum absolute atomic E-state index is 0.654. The van der Waals surface area contributed by atoms with Gasteiger partial charge in [0.2, 0.25) is 0 Å². The van der Waals surface area contributed by atoms with Crippen LogP contribution >= 0.6 is 0 Å². The molecule has 0 aliphatic carbocycles. The van der Waals surface area contributed by atoms with Crippen LogP contribution in [0.15, 0.2) is 36.4 Å². The SMILES string of the molecule is CCCC/C=C/COc1c[c]ccc1. The van der Waals surface area contributed by atoms with Gasteiger partial charge in [0.25, 0.3) is 0 Å². The summed E-state index contributed by atoms with van der Waals surface area (Å²) in [5.74, 6) is 0.882. The third-order valence-electron chi connectivity index (χ3n) is 1.92. The van der Waals surface area contributed by atoms with Crippen molar-refractivity contribution < 1.29 is 4.74 Å². The summed E-state index contributed by atoms with van der Waals surface area (Å²) in [6, 6.07) is 10.6. The first kappa shape index (κ1) is 10.8. The van der Waals surface area contributed by atoms with E-state index in [1.807, 2.05) is 24.3 Å². The quantitative estimate of drug-likeness (QED) is 0.490. The second kappa shape index (κ2) is 7.19. The van der Waals surface area contributed by atoms with Gasteiger partial charge in [-0.1, -0.05) is 44.1 Å². The third-order valence-corrected chi connectivity index (χ3v) is 1.92. The molecule has 0 bridgehead atoms. The van der Waals surface area contributed by atoms with Gasteiger partial charge in [0.1, 0.15) is 12.4 Å². The predicted molar refractivity (Wildman–Crippen MR) is 59.4 cm³/mol. The maximum absolute atomic E-state index is 5.47. The third kappa shape index (κ3) is 4.70. The first-order chi connectivity index (χ1) is 6.93. The van der Waals surface area contributed by atoms with Gasteiger partial charge in [-0.15, -0.1) is 0 Å². The summed E-state index contributed by atoms with van der Waals surface area (Å²) in [6.45, 7) is 2.85. The van der Waals surface area contributed by atoms with Crippen LogP contribution in [-0.2, 0) is 0 Å². The summed E-state index contributed by atoms with van der Waals surface area (Å²) in [5, 5.41) is 0. The number of unbranched alkanes of at least 4 members (excludes halogenated alkanes) is 2. The maximum Gasteiger partial charge on any atom is 0.120 e. The highest BCUT2D eigenvalue weighted by Gasteiger charge is 1.87. The van der Waals surface area contributed by atoms with Crippen molar-refractivity contribution in [2.45, 2.75) is 26.2 Å². The van der Waals surface area contributed by atoms with E-state index >= 15 is 0 Å². The molecule has 0 N–H and O–H groups in total. The number of hydrogen-bond donors (Lipinski definition) is 0. The molecule has 0 aromatic heterocycles. The van der Waals surface area contributed by atoms with Crippen LogP contribution in [0.3, 0.4) is 0 Å². The Labute approximate surface area is 86.4 Å². The molecule has 0 saturated carbocycles. The maximum atomic E-state index is 5.47. The van der Waals surface area contributed by atoms with E-state index < -0.39 is 0 Å². The van der Waals surface area contributed by atoms with Crippen molar-refractivity contribution in [1.29, 1.82) is 0 Å². The fourth-order valence-electron chi connectivity index (χ4n) is 1.12. The topological polar surface area (TPSA) is 9.23 Å². The zero-order valence-corrected chi connectivity index (χ0v) is 8.70. The Balaban J connectivity index is 2.12. The zero-order valence-electron chi connectivity index (χ0n) is 8.70. The van der Waals surface area contributed by atoms with Crippen LogP contribution in [0, 0.1) is 6.07 Å². The summed E-state index contributed by atoms with van der Waals surface area (Å²) in [4.78, 5) is 0. The van der Waals surface area contributed by atoms with Crippen molar-refractivity contribution >= 4 is 0 Å². The summed E-state index contributed by atoms with van der Waals surface area (Å²) in [5.41, 5.74) is 0. The molecule has 1 rings (SSSR count). The molecule has 0 heterocycles. The van der Waals surface area contributed by atoms with Crippen molar-refractivity contribution in [2.75, 3.05) is 6.61 Å². The van der Waals surface area contributed by atoms with E-state index in [9.17, 15) is 0 Å². The Morgan fingerprint density at radius 3 is 3.07 bits per heavy atom. The minimum Gasteiger partial charge on any atom is -0.490 e. The molecule has 1 radical (unpaired) electrons. The lowest BCUT2D eigenvalue weighted by Crippen LogP contribution is -1.92. The molecule has 0 atom stereocenters. The number of benzene rings is 1. The van der Waals surface area contributed by atoms with Crippen molar-refractivity contribution in [1.82, 2.24) is 0 Å². The van der Waals surface area contributed by atoms with Crippen LogP contribution in [-0.4, -0.2) is 6.61 Å². The van der Waals surface area contributed by atoms with Crippen LogP contribution in [0.4, 0.5) is 0 Å². The van der Waals surface area contributed by atoms with Crippen molar-refractivity contribution in [2.24, 2.45) is 0 Å². The van der Waals surface area contributed by atoms with Crippen LogP contribution in [0.2, 0.25) is 0 Å². The molecule has 1 aromatic rings. The molecule has 0 unspecified atom stereocenters. The monoisotopic (exact) mass is 189 g/mol. The van der Waals surface area contributed by atoms with Gasteiger partial charge in [0, 0.05) is 0 Å². The van der Waals surface area contributed by atoms with Gasteiger partial charge in [0.15, 0.2) is 0 Å². The van der Waals surface area contributed by atoms with Crippen LogP contribution in [0.25, 0.3) is 0 Å². The van der Waals surface area contributed by atoms with Gasteiger partial charge < -0.3 is 4.74 Å². The molecular weight excluding hydrogens is 172 g/mol. The highest BCUT2D eigenvalue weighted by molar-refractivity contribution is 5.20. The van der Waals surface area contributed by atoms with E-state index in [-0.39, 0.29) is 0 Å². The molecule has 0 fully saturated rings. The fourth-order valence-corrected chi connectivity index (χ4v) is 1.12. The van der Waals surface area contributed by atoms with Gasteiger partial charge >= 0.3 is 0 Å². The largest absolute Gasteiger partial charge is 0.490 e. The zero-order chi connectivity index (χ0) is 10.1. The minimum atomic E-state index is 0.654. The molecule has 0 amide bonds. The van der Waals surface area contributed by atoms with Crippen LogP contribution < -0.4 is 4.74 Å². The molecule has 1 heteroatoms. The van der Waals surface area contributed by atoms with E-state index in [0.29, 0.717) is 6.61 Å². The molecule has 0 spiro atoms. The highest BCUT2D eigenvalue weighted by Crippen LogP contribution is 2.07. The summed E-state index contributed by atoms with van der Waals surface area (Å²) >= 11 is 0. The molecule has 14 heavy (non-hydrogen) atoms. The number of ether oxygens (including phenoxy) is 1. The standard InChI is InChI=1S/C13H17O/c1-2-3-4-5-9-12-14-13-10-7-6-8-11-13/h5-7,9-11H,2-4,12H2,1H3/b9-5+. The van der Waals surface area contributed by atoms with Gasteiger partial charge in [0.05, 0.1) is 0 Å². The van der Waals surface area contributed by atoms with Gasteiger partial charge in [-0.05, 0) is 24.6 Å². The summed E-state index contributed by atoms with van der Waals surface area (Å²) in [6.07, 6.45) is 7.91. The van der Waals surface area contributed by atoms with Crippen LogP contribution in [0.1, 0.15) is 26.2 Å².